The molecule has 0 bridgehead atoms. The molecule has 3 nitrogen and oxygen atoms in total. The fraction of sp³-hybridized carbons (Fsp3) is 0.750. The number of hydrogen-bond acceptors (Lipinski definition) is 4. The lowest BCUT2D eigenvalue weighted by Gasteiger charge is -2.18. The third-order valence-electron chi connectivity index (χ3n) is 3.28. The van der Waals surface area contributed by atoms with Crippen molar-refractivity contribution in [3.8, 4) is 0 Å². The molecule has 0 saturated carbocycles. The number of rotatable bonds is 11. The first-order chi connectivity index (χ1) is 9.63. The molecule has 2 N–H and O–H groups in total. The maximum Gasteiger partial charge on any atom is 0.0897 e. The van der Waals surface area contributed by atoms with Gasteiger partial charge in [0.25, 0.3) is 0 Å². The van der Waals surface area contributed by atoms with E-state index in [-0.39, 0.29) is 0 Å². The molecule has 0 aliphatic heterocycles. The van der Waals surface area contributed by atoms with Crippen molar-refractivity contribution in [1.82, 2.24) is 5.32 Å². The van der Waals surface area contributed by atoms with Crippen molar-refractivity contribution in [2.45, 2.75) is 52.2 Å². The summed E-state index contributed by atoms with van der Waals surface area (Å²) in [6.07, 6.45) is 2.86. The van der Waals surface area contributed by atoms with Crippen LogP contribution in [0.3, 0.4) is 0 Å². The summed E-state index contributed by atoms with van der Waals surface area (Å²) in [6, 6.07) is 4.55. The Morgan fingerprint density at radius 1 is 1.40 bits per heavy atom. The van der Waals surface area contributed by atoms with E-state index >= 15 is 0 Å². The molecule has 0 fully saturated rings. The van der Waals surface area contributed by atoms with Gasteiger partial charge in [-0.3, -0.25) is 0 Å². The zero-order valence-electron chi connectivity index (χ0n) is 13.0. The number of ether oxygens (including phenoxy) is 1. The highest BCUT2D eigenvalue weighted by atomic mass is 32.1. The molecule has 4 heteroatoms. The van der Waals surface area contributed by atoms with Gasteiger partial charge in [0.2, 0.25) is 0 Å². The van der Waals surface area contributed by atoms with Crippen LogP contribution in [0.1, 0.15) is 51.0 Å². The lowest BCUT2D eigenvalue weighted by Crippen LogP contribution is -2.32. The molecule has 0 saturated heterocycles. The summed E-state index contributed by atoms with van der Waals surface area (Å²) in [5.74, 6) is 0.723. The van der Waals surface area contributed by atoms with Crippen LogP contribution in [0.25, 0.3) is 0 Å². The highest BCUT2D eigenvalue weighted by molar-refractivity contribution is 7.10. The molecular formula is C16H29NO2S. The summed E-state index contributed by atoms with van der Waals surface area (Å²) in [6.45, 7) is 8.35. The second-order valence-electron chi connectivity index (χ2n) is 5.65. The minimum Gasteiger partial charge on any atom is -0.389 e. The van der Waals surface area contributed by atoms with Crippen molar-refractivity contribution < 1.29 is 9.84 Å². The van der Waals surface area contributed by atoms with Gasteiger partial charge in [0.05, 0.1) is 12.7 Å². The van der Waals surface area contributed by atoms with E-state index in [1.165, 1.54) is 11.3 Å². The summed E-state index contributed by atoms with van der Waals surface area (Å²) >= 11 is 1.76. The first-order valence-corrected chi connectivity index (χ1v) is 8.54. The normalized spacial score (nSPS) is 14.7. The van der Waals surface area contributed by atoms with E-state index in [9.17, 15) is 5.11 Å². The summed E-state index contributed by atoms with van der Waals surface area (Å²) in [4.78, 5) is 1.33. The van der Waals surface area contributed by atoms with Gasteiger partial charge < -0.3 is 15.2 Å². The molecule has 1 heterocycles. The Balaban J connectivity index is 2.11. The summed E-state index contributed by atoms with van der Waals surface area (Å²) < 4.78 is 5.52. The fourth-order valence-corrected chi connectivity index (χ4v) is 2.97. The van der Waals surface area contributed by atoms with E-state index in [4.69, 9.17) is 4.74 Å². The minimum atomic E-state index is -0.428. The van der Waals surface area contributed by atoms with Gasteiger partial charge in [0, 0.05) is 24.1 Å². The molecule has 1 aromatic rings. The Labute approximate surface area is 127 Å². The monoisotopic (exact) mass is 299 g/mol. The van der Waals surface area contributed by atoms with Crippen LogP contribution in [-0.2, 0) is 4.74 Å². The predicted octanol–water partition coefficient (Wildman–Crippen LogP) is 3.60. The highest BCUT2D eigenvalue weighted by Crippen LogP contribution is 2.21. The van der Waals surface area contributed by atoms with E-state index in [0.29, 0.717) is 19.2 Å². The van der Waals surface area contributed by atoms with Crippen molar-refractivity contribution in [1.29, 1.82) is 0 Å². The third-order valence-corrected chi connectivity index (χ3v) is 4.26. The Kier molecular flexibility index (Phi) is 9.10. The van der Waals surface area contributed by atoms with Crippen LogP contribution in [0.4, 0.5) is 0 Å². The zero-order chi connectivity index (χ0) is 14.8. The first kappa shape index (κ1) is 17.6. The molecular weight excluding hydrogens is 270 g/mol. The van der Waals surface area contributed by atoms with Gasteiger partial charge in [-0.25, -0.2) is 0 Å². The van der Waals surface area contributed by atoms with Crippen molar-refractivity contribution in [3.63, 3.8) is 0 Å². The van der Waals surface area contributed by atoms with Gasteiger partial charge in [-0.2, -0.15) is 0 Å². The Morgan fingerprint density at radius 3 is 2.80 bits per heavy atom. The largest absolute Gasteiger partial charge is 0.389 e. The number of nitrogens with one attached hydrogen (secondary N) is 1. The standard InChI is InChI=1S/C16H29NO2S/c1-4-15(16-8-6-10-20-16)17-11-14(18)12-19-9-5-7-13(2)3/h6,8,10,13-15,17-18H,4-5,7,9,11-12H2,1-3H3. The molecule has 116 valence electrons. The molecule has 0 aliphatic carbocycles. The van der Waals surface area contributed by atoms with Crippen LogP contribution in [0.2, 0.25) is 0 Å². The molecule has 0 aliphatic rings. The van der Waals surface area contributed by atoms with Gasteiger partial charge in [-0.15, -0.1) is 11.3 Å². The van der Waals surface area contributed by atoms with Crippen molar-refractivity contribution in [2.75, 3.05) is 19.8 Å². The van der Waals surface area contributed by atoms with Gasteiger partial charge in [0.15, 0.2) is 0 Å². The molecule has 2 atom stereocenters. The molecule has 0 aromatic carbocycles. The quantitative estimate of drug-likeness (QED) is 0.613. The van der Waals surface area contributed by atoms with Crippen LogP contribution < -0.4 is 5.32 Å². The van der Waals surface area contributed by atoms with Crippen LogP contribution in [0.5, 0.6) is 0 Å². The van der Waals surface area contributed by atoms with Crippen LogP contribution in [-0.4, -0.2) is 31.0 Å². The van der Waals surface area contributed by atoms with E-state index in [1.807, 2.05) is 0 Å². The Morgan fingerprint density at radius 2 is 2.20 bits per heavy atom. The molecule has 0 amide bonds. The maximum atomic E-state index is 9.92. The zero-order valence-corrected chi connectivity index (χ0v) is 13.8. The summed E-state index contributed by atoms with van der Waals surface area (Å²) in [7, 11) is 0. The van der Waals surface area contributed by atoms with Crippen molar-refractivity contribution >= 4 is 11.3 Å². The molecule has 2 unspecified atom stereocenters. The minimum absolute atomic E-state index is 0.339. The van der Waals surface area contributed by atoms with Gasteiger partial charge in [-0.1, -0.05) is 26.8 Å². The fourth-order valence-electron chi connectivity index (χ4n) is 2.09. The predicted molar refractivity (Wildman–Crippen MR) is 86.3 cm³/mol. The van der Waals surface area contributed by atoms with Crippen molar-refractivity contribution in [3.05, 3.63) is 22.4 Å². The van der Waals surface area contributed by atoms with Crippen LogP contribution in [0, 0.1) is 5.92 Å². The third kappa shape index (κ3) is 7.39. The van der Waals surface area contributed by atoms with Gasteiger partial charge >= 0.3 is 0 Å². The topological polar surface area (TPSA) is 41.5 Å². The molecule has 0 radical (unpaired) electrons. The number of aliphatic hydroxyl groups is 1. The first-order valence-electron chi connectivity index (χ1n) is 7.66. The average molecular weight is 299 g/mol. The number of hydrogen-bond donors (Lipinski definition) is 2. The van der Waals surface area contributed by atoms with Gasteiger partial charge in [-0.05, 0) is 36.6 Å². The Hall–Kier alpha value is -0.420. The Bertz CT molecular complexity index is 327. The lowest BCUT2D eigenvalue weighted by molar-refractivity contribution is 0.0334. The molecule has 1 aromatic heterocycles. The highest BCUT2D eigenvalue weighted by Gasteiger charge is 2.12. The molecule has 1 rings (SSSR count). The second-order valence-corrected chi connectivity index (χ2v) is 6.63. The number of thiophene rings is 1. The lowest BCUT2D eigenvalue weighted by atomic mass is 10.1. The van der Waals surface area contributed by atoms with Crippen LogP contribution >= 0.6 is 11.3 Å². The SMILES string of the molecule is CCC(NCC(O)COCCCC(C)C)c1cccs1. The van der Waals surface area contributed by atoms with E-state index in [0.717, 1.165) is 25.4 Å². The van der Waals surface area contributed by atoms with E-state index < -0.39 is 6.10 Å². The van der Waals surface area contributed by atoms with Gasteiger partial charge in [0.1, 0.15) is 0 Å². The van der Waals surface area contributed by atoms with Crippen LogP contribution in [0.15, 0.2) is 17.5 Å². The number of aliphatic hydroxyl groups excluding tert-OH is 1. The molecule has 20 heavy (non-hydrogen) atoms. The summed E-state index contributed by atoms with van der Waals surface area (Å²) in [5.41, 5.74) is 0. The summed E-state index contributed by atoms with van der Waals surface area (Å²) in [5, 5.41) is 15.4. The van der Waals surface area contributed by atoms with E-state index in [2.05, 4.69) is 43.6 Å². The second kappa shape index (κ2) is 10.3. The van der Waals surface area contributed by atoms with E-state index in [1.54, 1.807) is 11.3 Å². The maximum absolute atomic E-state index is 9.92. The molecule has 0 spiro atoms. The smallest absolute Gasteiger partial charge is 0.0897 e. The average Bonchev–Trinajstić information content (AvgIpc) is 2.92. The van der Waals surface area contributed by atoms with Crippen molar-refractivity contribution in [2.24, 2.45) is 5.92 Å².